The molecule has 154 valence electrons. The van der Waals surface area contributed by atoms with E-state index in [1.54, 1.807) is 14.2 Å². The fraction of sp³-hybridized carbons (Fsp3) is 0.455. The van der Waals surface area contributed by atoms with Crippen LogP contribution in [0, 0.1) is 0 Å². The molecule has 0 saturated carbocycles. The van der Waals surface area contributed by atoms with Crippen LogP contribution in [-0.4, -0.2) is 65.8 Å². The van der Waals surface area contributed by atoms with Crippen LogP contribution in [0.15, 0.2) is 48.5 Å². The summed E-state index contributed by atoms with van der Waals surface area (Å²) < 4.78 is 16.6. The molecule has 0 spiro atoms. The van der Waals surface area contributed by atoms with Gasteiger partial charge < -0.3 is 29.5 Å². The largest absolute Gasteiger partial charge is 0.497 e. The van der Waals surface area contributed by atoms with E-state index in [-0.39, 0.29) is 12.7 Å². The van der Waals surface area contributed by atoms with E-state index < -0.39 is 6.10 Å². The van der Waals surface area contributed by atoms with Gasteiger partial charge >= 0.3 is 0 Å². The van der Waals surface area contributed by atoms with Gasteiger partial charge in [-0.1, -0.05) is 24.3 Å². The van der Waals surface area contributed by atoms with Gasteiger partial charge in [-0.25, -0.2) is 0 Å². The summed E-state index contributed by atoms with van der Waals surface area (Å²) >= 11 is 0. The lowest BCUT2D eigenvalue weighted by Gasteiger charge is -2.21. The minimum atomic E-state index is -0.517. The Hall–Kier alpha value is -2.12. The number of aliphatic hydroxyl groups is 1. The van der Waals surface area contributed by atoms with Crippen LogP contribution in [-0.2, 0) is 4.74 Å². The molecule has 0 aliphatic heterocycles. The monoisotopic (exact) mass is 390 g/mol. The molecule has 2 aromatic rings. The van der Waals surface area contributed by atoms with Crippen LogP contribution in [0.1, 0.15) is 17.2 Å². The summed E-state index contributed by atoms with van der Waals surface area (Å²) in [6, 6.07) is 15.6. The fourth-order valence-electron chi connectivity index (χ4n) is 2.92. The zero-order chi connectivity index (χ0) is 20.4. The molecule has 2 aromatic carbocycles. The molecule has 0 saturated heterocycles. The van der Waals surface area contributed by atoms with Crippen molar-refractivity contribution >= 4 is 0 Å². The van der Waals surface area contributed by atoms with Crippen molar-refractivity contribution in [1.29, 1.82) is 0 Å². The van der Waals surface area contributed by atoms with Gasteiger partial charge in [-0.05, 0) is 35.4 Å². The summed E-state index contributed by atoms with van der Waals surface area (Å²) in [6.07, 6.45) is -0.783. The number of benzene rings is 2. The van der Waals surface area contributed by atoms with Gasteiger partial charge in [0.2, 0.25) is 0 Å². The molecule has 1 atom stereocenters. The number of likely N-dealkylation sites (N-methyl/N-ethyl adjacent to an activating group) is 1. The molecule has 0 bridgehead atoms. The second-order valence-corrected chi connectivity index (χ2v) is 7.18. The van der Waals surface area contributed by atoms with Crippen LogP contribution in [0.4, 0.5) is 0 Å². The molecule has 0 aromatic heterocycles. The summed E-state index contributed by atoms with van der Waals surface area (Å²) in [5.41, 5.74) is 2.02. The lowest BCUT2D eigenvalue weighted by Crippen LogP contribution is -3.09. The molecule has 28 heavy (non-hydrogen) atoms. The first kappa shape index (κ1) is 22.2. The van der Waals surface area contributed by atoms with Gasteiger partial charge in [0.05, 0.1) is 34.9 Å². The van der Waals surface area contributed by atoms with E-state index in [9.17, 15) is 5.11 Å². The highest BCUT2D eigenvalue weighted by molar-refractivity contribution is 5.36. The van der Waals surface area contributed by atoms with Crippen LogP contribution in [0.5, 0.6) is 11.5 Å². The zero-order valence-corrected chi connectivity index (χ0v) is 17.4. The van der Waals surface area contributed by atoms with Crippen molar-refractivity contribution in [2.24, 2.45) is 0 Å². The van der Waals surface area contributed by atoms with Gasteiger partial charge in [-0.2, -0.15) is 0 Å². The molecule has 0 heterocycles. The van der Waals surface area contributed by atoms with E-state index in [1.165, 1.54) is 4.90 Å². The molecular formula is C22H34N2O4+2. The van der Waals surface area contributed by atoms with Crippen molar-refractivity contribution in [1.82, 2.24) is 0 Å². The summed E-state index contributed by atoms with van der Waals surface area (Å²) in [5.74, 6) is 1.60. The summed E-state index contributed by atoms with van der Waals surface area (Å²) in [7, 11) is 7.55. The molecule has 2 rings (SSSR count). The maximum atomic E-state index is 10.3. The van der Waals surface area contributed by atoms with E-state index in [2.05, 4.69) is 19.4 Å². The number of nitrogens with one attached hydrogen (secondary N) is 1. The highest BCUT2D eigenvalue weighted by Gasteiger charge is 2.18. The van der Waals surface area contributed by atoms with E-state index in [0.717, 1.165) is 35.7 Å². The number of hydrogen-bond acceptors (Lipinski definition) is 4. The maximum absolute atomic E-state index is 10.3. The third kappa shape index (κ3) is 7.13. The molecule has 4 N–H and O–H groups in total. The molecule has 0 aliphatic rings. The Morgan fingerprint density at radius 3 is 1.82 bits per heavy atom. The van der Waals surface area contributed by atoms with Crippen LogP contribution in [0.2, 0.25) is 0 Å². The number of aliphatic hydroxyl groups excluding tert-OH is 1. The number of hydrogen-bond donors (Lipinski definition) is 3. The Bertz CT molecular complexity index is 626. The maximum Gasteiger partial charge on any atom is 0.126 e. The number of ether oxygens (including phenoxy) is 3. The fourth-order valence-corrected chi connectivity index (χ4v) is 2.92. The zero-order valence-electron chi connectivity index (χ0n) is 17.4. The Kier molecular flexibility index (Phi) is 9.23. The molecule has 0 radical (unpaired) electrons. The lowest BCUT2D eigenvalue weighted by atomic mass is 10.0. The number of rotatable bonds is 12. The van der Waals surface area contributed by atoms with Crippen molar-refractivity contribution in [3.05, 3.63) is 59.7 Å². The summed E-state index contributed by atoms with van der Waals surface area (Å²) in [5, 5.41) is 12.5. The van der Waals surface area contributed by atoms with Crippen LogP contribution in [0.3, 0.4) is 0 Å². The Balaban J connectivity index is 2.03. The van der Waals surface area contributed by atoms with Crippen molar-refractivity contribution in [3.8, 4) is 11.5 Å². The summed E-state index contributed by atoms with van der Waals surface area (Å²) in [6.45, 7) is 2.95. The Labute approximate surface area is 168 Å². The Morgan fingerprint density at radius 1 is 0.893 bits per heavy atom. The van der Waals surface area contributed by atoms with Gasteiger partial charge in [-0.3, -0.25) is 0 Å². The van der Waals surface area contributed by atoms with Gasteiger partial charge in [0.1, 0.15) is 43.3 Å². The first-order valence-corrected chi connectivity index (χ1v) is 9.71. The van der Waals surface area contributed by atoms with E-state index in [1.807, 2.05) is 48.5 Å². The number of nitrogens with two attached hydrogens (primary N) is 1. The van der Waals surface area contributed by atoms with E-state index in [4.69, 9.17) is 14.2 Å². The smallest absolute Gasteiger partial charge is 0.126 e. The predicted molar refractivity (Wildman–Crippen MR) is 109 cm³/mol. The SMILES string of the molecule is COc1ccc(C(OC[C@@H](O)C[NH2+]CC[NH+](C)C)c2ccc(OC)cc2)cc1. The number of methoxy groups -OCH3 is 2. The Morgan fingerprint density at radius 2 is 1.39 bits per heavy atom. The van der Waals surface area contributed by atoms with Gasteiger partial charge in [-0.15, -0.1) is 0 Å². The van der Waals surface area contributed by atoms with Crippen molar-refractivity contribution in [2.45, 2.75) is 12.2 Å². The molecule has 6 nitrogen and oxygen atoms in total. The van der Waals surface area contributed by atoms with Gasteiger partial charge in [0, 0.05) is 0 Å². The second kappa shape index (κ2) is 11.7. The quantitative estimate of drug-likeness (QED) is 0.442. The van der Waals surface area contributed by atoms with E-state index in [0.29, 0.717) is 6.54 Å². The molecule has 6 heteroatoms. The predicted octanol–water partition coefficient (Wildman–Crippen LogP) is -0.121. The third-order valence-corrected chi connectivity index (χ3v) is 4.58. The molecule has 0 unspecified atom stereocenters. The van der Waals surface area contributed by atoms with Gasteiger partial charge in [0.15, 0.2) is 0 Å². The second-order valence-electron chi connectivity index (χ2n) is 7.18. The topological polar surface area (TPSA) is 69.0 Å². The molecule has 0 amide bonds. The van der Waals surface area contributed by atoms with Crippen molar-refractivity contribution in [3.63, 3.8) is 0 Å². The van der Waals surface area contributed by atoms with Gasteiger partial charge in [0.25, 0.3) is 0 Å². The van der Waals surface area contributed by atoms with E-state index >= 15 is 0 Å². The highest BCUT2D eigenvalue weighted by atomic mass is 16.5. The lowest BCUT2D eigenvalue weighted by molar-refractivity contribution is -0.874. The van der Waals surface area contributed by atoms with Crippen LogP contribution >= 0.6 is 0 Å². The minimum absolute atomic E-state index is 0.266. The van der Waals surface area contributed by atoms with Crippen LogP contribution < -0.4 is 19.7 Å². The molecular weight excluding hydrogens is 356 g/mol. The first-order valence-electron chi connectivity index (χ1n) is 9.71. The average molecular weight is 391 g/mol. The number of quaternary nitrogens is 2. The van der Waals surface area contributed by atoms with Crippen molar-refractivity contribution in [2.75, 3.05) is 54.6 Å². The summed E-state index contributed by atoms with van der Waals surface area (Å²) in [4.78, 5) is 1.40. The first-order chi connectivity index (χ1) is 13.5. The molecule has 0 fully saturated rings. The normalized spacial score (nSPS) is 12.4. The molecule has 0 aliphatic carbocycles. The van der Waals surface area contributed by atoms with Crippen molar-refractivity contribution < 1.29 is 29.5 Å². The van der Waals surface area contributed by atoms with Crippen LogP contribution in [0.25, 0.3) is 0 Å². The average Bonchev–Trinajstić information content (AvgIpc) is 2.72. The minimum Gasteiger partial charge on any atom is -0.497 e. The highest BCUT2D eigenvalue weighted by Crippen LogP contribution is 2.29. The third-order valence-electron chi connectivity index (χ3n) is 4.58. The standard InChI is InChI=1S/C22H32N2O4/c1-24(2)14-13-23-15-19(25)16-28-22(17-5-9-20(26-3)10-6-17)18-7-11-21(27-4)12-8-18/h5-12,19,22-23,25H,13-16H2,1-4H3/p+2/t19-/m0/s1.